The van der Waals surface area contributed by atoms with Gasteiger partial charge in [-0.25, -0.2) is 4.79 Å². The van der Waals surface area contributed by atoms with Crippen LogP contribution in [0, 0.1) is 0 Å². The predicted octanol–water partition coefficient (Wildman–Crippen LogP) is 3.07. The second-order valence-electron chi connectivity index (χ2n) is 5.31. The first-order valence-corrected chi connectivity index (χ1v) is 6.72. The molecule has 0 spiro atoms. The van der Waals surface area contributed by atoms with Gasteiger partial charge in [-0.1, -0.05) is 15.9 Å². The van der Waals surface area contributed by atoms with Crippen LogP contribution in [0.15, 0.2) is 22.7 Å². The molecule has 0 saturated carbocycles. The summed E-state index contributed by atoms with van der Waals surface area (Å²) in [5.41, 5.74) is 7.21. The van der Waals surface area contributed by atoms with Gasteiger partial charge >= 0.3 is 6.03 Å². The first-order chi connectivity index (χ1) is 8.33. The largest absolute Gasteiger partial charge is 0.397 e. The fourth-order valence-corrected chi connectivity index (χ4v) is 2.62. The number of nitrogens with two attached hydrogens (primary N) is 1. The molecule has 1 aromatic carbocycles. The van der Waals surface area contributed by atoms with Crippen molar-refractivity contribution < 1.29 is 4.79 Å². The summed E-state index contributed by atoms with van der Waals surface area (Å²) >= 11 is 3.38. The average molecular weight is 312 g/mol. The minimum atomic E-state index is -0.217. The molecule has 4 nitrogen and oxygen atoms in total. The summed E-state index contributed by atoms with van der Waals surface area (Å²) < 4.78 is 0.916. The van der Waals surface area contributed by atoms with Crippen LogP contribution in [-0.4, -0.2) is 30.1 Å². The standard InChI is InChI=1S/C13H18BrN3O/c1-13(2)6-7-16(3)12(18)17(13)11-5-4-9(14)8-10(11)15/h4-5,8H,6-7,15H2,1-3H3. The normalized spacial score (nSPS) is 19.2. The van der Waals surface area contributed by atoms with Gasteiger partial charge in [0.15, 0.2) is 0 Å². The highest BCUT2D eigenvalue weighted by molar-refractivity contribution is 9.10. The molecule has 5 heteroatoms. The molecular formula is C13H18BrN3O. The molecule has 98 valence electrons. The number of urea groups is 1. The van der Waals surface area contributed by atoms with Gasteiger partial charge in [0, 0.05) is 23.6 Å². The molecule has 0 aromatic heterocycles. The van der Waals surface area contributed by atoms with Crippen molar-refractivity contribution in [2.45, 2.75) is 25.8 Å². The molecule has 1 heterocycles. The molecule has 0 bridgehead atoms. The SMILES string of the molecule is CN1CCC(C)(C)N(c2ccc(Br)cc2N)C1=O. The van der Waals surface area contributed by atoms with E-state index in [2.05, 4.69) is 29.8 Å². The second-order valence-corrected chi connectivity index (χ2v) is 6.22. The van der Waals surface area contributed by atoms with Crippen LogP contribution in [0.5, 0.6) is 0 Å². The average Bonchev–Trinajstić information content (AvgIpc) is 2.27. The summed E-state index contributed by atoms with van der Waals surface area (Å²) in [6.45, 7) is 4.91. The fraction of sp³-hybridized carbons (Fsp3) is 0.462. The van der Waals surface area contributed by atoms with E-state index < -0.39 is 0 Å². The second kappa shape index (κ2) is 4.46. The summed E-state index contributed by atoms with van der Waals surface area (Å²) in [7, 11) is 1.82. The molecule has 2 amide bonds. The first-order valence-electron chi connectivity index (χ1n) is 5.93. The number of rotatable bonds is 1. The molecule has 0 radical (unpaired) electrons. The van der Waals surface area contributed by atoms with Crippen molar-refractivity contribution in [3.63, 3.8) is 0 Å². The van der Waals surface area contributed by atoms with E-state index in [4.69, 9.17) is 5.73 Å². The van der Waals surface area contributed by atoms with Crippen LogP contribution in [0.3, 0.4) is 0 Å². The van der Waals surface area contributed by atoms with Crippen molar-refractivity contribution in [1.29, 1.82) is 0 Å². The lowest BCUT2D eigenvalue weighted by molar-refractivity contribution is 0.187. The number of carbonyl (C=O) groups is 1. The maximum Gasteiger partial charge on any atom is 0.324 e. The van der Waals surface area contributed by atoms with E-state index in [-0.39, 0.29) is 11.6 Å². The zero-order valence-corrected chi connectivity index (χ0v) is 12.5. The van der Waals surface area contributed by atoms with Gasteiger partial charge in [0.25, 0.3) is 0 Å². The third kappa shape index (κ3) is 2.19. The molecule has 0 aliphatic carbocycles. The van der Waals surface area contributed by atoms with Crippen molar-refractivity contribution in [3.8, 4) is 0 Å². The molecule has 2 N–H and O–H groups in total. The summed E-state index contributed by atoms with van der Waals surface area (Å²) in [5.74, 6) is 0. The number of hydrogen-bond acceptors (Lipinski definition) is 2. The minimum absolute atomic E-state index is 0.000252. The van der Waals surface area contributed by atoms with Gasteiger partial charge in [0.2, 0.25) is 0 Å². The lowest BCUT2D eigenvalue weighted by Gasteiger charge is -2.46. The van der Waals surface area contributed by atoms with Gasteiger partial charge in [-0.05, 0) is 38.5 Å². The number of nitrogen functional groups attached to an aromatic ring is 1. The lowest BCUT2D eigenvalue weighted by Crippen LogP contribution is -2.58. The Morgan fingerprint density at radius 3 is 2.67 bits per heavy atom. The van der Waals surface area contributed by atoms with E-state index >= 15 is 0 Å². The number of anilines is 2. The Bertz CT molecular complexity index is 487. The molecule has 0 atom stereocenters. The van der Waals surface area contributed by atoms with Crippen LogP contribution in [-0.2, 0) is 0 Å². The zero-order valence-electron chi connectivity index (χ0n) is 10.9. The highest BCUT2D eigenvalue weighted by Gasteiger charge is 2.39. The summed E-state index contributed by atoms with van der Waals surface area (Å²) in [5, 5.41) is 0. The van der Waals surface area contributed by atoms with Gasteiger partial charge in [-0.2, -0.15) is 0 Å². The first kappa shape index (κ1) is 13.2. The summed E-state index contributed by atoms with van der Waals surface area (Å²) in [4.78, 5) is 15.9. The van der Waals surface area contributed by atoms with E-state index in [1.54, 1.807) is 9.80 Å². The molecule has 0 unspecified atom stereocenters. The molecular weight excluding hydrogens is 294 g/mol. The van der Waals surface area contributed by atoms with Crippen LogP contribution in [0.1, 0.15) is 20.3 Å². The summed E-state index contributed by atoms with van der Waals surface area (Å²) in [6.07, 6.45) is 0.921. The fourth-order valence-electron chi connectivity index (χ4n) is 2.24. The molecule has 1 aliphatic rings. The molecule has 1 aromatic rings. The zero-order chi connectivity index (χ0) is 13.5. The highest BCUT2D eigenvalue weighted by atomic mass is 79.9. The Labute approximate surface area is 116 Å². The van der Waals surface area contributed by atoms with Gasteiger partial charge < -0.3 is 10.6 Å². The van der Waals surface area contributed by atoms with E-state index in [0.717, 1.165) is 23.1 Å². The number of hydrogen-bond donors (Lipinski definition) is 1. The van der Waals surface area contributed by atoms with E-state index in [9.17, 15) is 4.79 Å². The van der Waals surface area contributed by atoms with Crippen molar-refractivity contribution >= 4 is 33.3 Å². The van der Waals surface area contributed by atoms with Crippen molar-refractivity contribution in [3.05, 3.63) is 22.7 Å². The van der Waals surface area contributed by atoms with Gasteiger partial charge in [0.1, 0.15) is 0 Å². The number of carbonyl (C=O) groups excluding carboxylic acids is 1. The molecule has 18 heavy (non-hydrogen) atoms. The van der Waals surface area contributed by atoms with Crippen molar-refractivity contribution in [2.75, 3.05) is 24.2 Å². The van der Waals surface area contributed by atoms with Gasteiger partial charge in [-0.15, -0.1) is 0 Å². The van der Waals surface area contributed by atoms with Crippen LogP contribution in [0.25, 0.3) is 0 Å². The van der Waals surface area contributed by atoms with Crippen molar-refractivity contribution in [2.24, 2.45) is 0 Å². The van der Waals surface area contributed by atoms with Crippen LogP contribution >= 0.6 is 15.9 Å². The van der Waals surface area contributed by atoms with Crippen molar-refractivity contribution in [1.82, 2.24) is 4.90 Å². The third-order valence-corrected chi connectivity index (χ3v) is 3.91. The quantitative estimate of drug-likeness (QED) is 0.810. The maximum absolute atomic E-state index is 12.4. The number of halogens is 1. The Kier molecular flexibility index (Phi) is 3.27. The van der Waals surface area contributed by atoms with Crippen LogP contribution in [0.2, 0.25) is 0 Å². The number of nitrogens with zero attached hydrogens (tertiary/aromatic N) is 2. The van der Waals surface area contributed by atoms with E-state index in [0.29, 0.717) is 5.69 Å². The number of amides is 2. The molecule has 1 saturated heterocycles. The van der Waals surface area contributed by atoms with Crippen LogP contribution < -0.4 is 10.6 Å². The van der Waals surface area contributed by atoms with Gasteiger partial charge in [0.05, 0.1) is 11.4 Å². The topological polar surface area (TPSA) is 49.6 Å². The van der Waals surface area contributed by atoms with Gasteiger partial charge in [-0.3, -0.25) is 4.90 Å². The Morgan fingerprint density at radius 1 is 1.39 bits per heavy atom. The molecule has 1 aliphatic heterocycles. The monoisotopic (exact) mass is 311 g/mol. The minimum Gasteiger partial charge on any atom is -0.397 e. The molecule has 2 rings (SSSR count). The Morgan fingerprint density at radius 2 is 2.06 bits per heavy atom. The van der Waals surface area contributed by atoms with E-state index in [1.165, 1.54) is 0 Å². The Balaban J connectivity index is 2.48. The summed E-state index contributed by atoms with van der Waals surface area (Å²) in [6, 6.07) is 5.62. The lowest BCUT2D eigenvalue weighted by atomic mass is 9.94. The van der Waals surface area contributed by atoms with E-state index in [1.807, 2.05) is 25.2 Å². The smallest absolute Gasteiger partial charge is 0.324 e. The maximum atomic E-state index is 12.4. The highest BCUT2D eigenvalue weighted by Crippen LogP contribution is 2.36. The molecule has 1 fully saturated rings. The van der Waals surface area contributed by atoms with Crippen LogP contribution in [0.4, 0.5) is 16.2 Å². The number of benzene rings is 1. The Hall–Kier alpha value is -1.23. The predicted molar refractivity (Wildman–Crippen MR) is 77.8 cm³/mol. The third-order valence-electron chi connectivity index (χ3n) is 3.41.